The fourth-order valence-electron chi connectivity index (χ4n) is 1.84. The van der Waals surface area contributed by atoms with E-state index in [0.29, 0.717) is 11.1 Å². The third-order valence-corrected chi connectivity index (χ3v) is 3.29. The third-order valence-electron chi connectivity index (χ3n) is 3.29. The fraction of sp³-hybridized carbons (Fsp3) is 0.158. The van der Waals surface area contributed by atoms with Gasteiger partial charge >= 0.3 is 11.9 Å². The van der Waals surface area contributed by atoms with Crippen LogP contribution in [0.15, 0.2) is 36.4 Å². The highest BCUT2D eigenvalue weighted by Gasteiger charge is 2.09. The first-order chi connectivity index (χ1) is 12.4. The van der Waals surface area contributed by atoms with Crippen LogP contribution in [0.25, 0.3) is 0 Å². The van der Waals surface area contributed by atoms with Crippen LogP contribution < -0.4 is 0 Å². The van der Waals surface area contributed by atoms with Gasteiger partial charge in [-0.15, -0.1) is 0 Å². The maximum atomic E-state index is 12.8. The normalized spacial score (nSPS) is 9.00. The van der Waals surface area contributed by atoms with Crippen molar-refractivity contribution >= 4 is 11.9 Å². The largest absolute Gasteiger partial charge is 0.465 e. The lowest BCUT2D eigenvalue weighted by Crippen LogP contribution is -2.01. The van der Waals surface area contributed by atoms with E-state index in [-0.39, 0.29) is 11.1 Å². The van der Waals surface area contributed by atoms with Crippen LogP contribution in [0.1, 0.15) is 37.4 Å². The molecule has 6 nitrogen and oxygen atoms in total. The van der Waals surface area contributed by atoms with Crippen molar-refractivity contribution in [2.45, 2.75) is 6.92 Å². The second-order valence-corrected chi connectivity index (χ2v) is 4.93. The number of esters is 2. The van der Waals surface area contributed by atoms with Gasteiger partial charge in [0.05, 0.1) is 42.5 Å². The zero-order valence-corrected chi connectivity index (χ0v) is 14.4. The number of aryl methyl sites for hydroxylation is 1. The molecule has 0 aliphatic carbocycles. The molecule has 0 saturated heterocycles. The van der Waals surface area contributed by atoms with Crippen molar-refractivity contribution in [2.75, 3.05) is 14.2 Å². The van der Waals surface area contributed by atoms with Crippen LogP contribution in [-0.4, -0.2) is 26.2 Å². The lowest BCUT2D eigenvalue weighted by atomic mass is 10.1. The smallest absolute Gasteiger partial charge is 0.337 e. The minimum Gasteiger partial charge on any atom is -0.465 e. The number of hydrogen-bond donors (Lipinski definition) is 0. The van der Waals surface area contributed by atoms with Gasteiger partial charge in [-0.2, -0.15) is 10.5 Å². The number of nitriles is 2. The average molecular weight is 354 g/mol. The van der Waals surface area contributed by atoms with Crippen LogP contribution in [0.5, 0.6) is 0 Å². The summed E-state index contributed by atoms with van der Waals surface area (Å²) in [6.07, 6.45) is 0. The number of ether oxygens (including phenoxy) is 2. The first-order valence-corrected chi connectivity index (χ1v) is 7.25. The molecule has 0 amide bonds. The highest BCUT2D eigenvalue weighted by Crippen LogP contribution is 2.11. The van der Waals surface area contributed by atoms with Crippen molar-refractivity contribution < 1.29 is 23.5 Å². The third kappa shape index (κ3) is 5.15. The number of rotatable bonds is 2. The molecule has 0 atom stereocenters. The summed E-state index contributed by atoms with van der Waals surface area (Å²) in [6.45, 7) is 1.82. The molecular formula is C19H15FN2O4. The van der Waals surface area contributed by atoms with Crippen LogP contribution in [0.4, 0.5) is 4.39 Å². The predicted molar refractivity (Wildman–Crippen MR) is 89.7 cm³/mol. The zero-order chi connectivity index (χ0) is 19.7. The summed E-state index contributed by atoms with van der Waals surface area (Å²) in [5.41, 5.74) is 1.77. The van der Waals surface area contributed by atoms with E-state index < -0.39 is 17.8 Å². The molecule has 0 spiro atoms. The van der Waals surface area contributed by atoms with Gasteiger partial charge in [0, 0.05) is 0 Å². The summed E-state index contributed by atoms with van der Waals surface area (Å²) in [4.78, 5) is 22.0. The van der Waals surface area contributed by atoms with Gasteiger partial charge in [0.2, 0.25) is 0 Å². The van der Waals surface area contributed by atoms with E-state index in [1.807, 2.05) is 13.0 Å². The van der Waals surface area contributed by atoms with E-state index in [1.54, 1.807) is 18.2 Å². The molecule has 2 rings (SSSR count). The molecule has 2 aromatic rings. The molecule has 0 aromatic heterocycles. The first kappa shape index (κ1) is 20.3. The standard InChI is InChI=1S/C10H9NO2.C9H6FNO2/c1-7-3-4-8(10(12)13-2)5-9(7)6-11;1-13-9(12)6-2-3-8(10)7(4-6)5-11/h3-5H,1-2H3;2-4H,1H3. The molecule has 2 aromatic carbocycles. The van der Waals surface area contributed by atoms with Gasteiger partial charge in [-0.3, -0.25) is 0 Å². The minimum absolute atomic E-state index is 0.164. The van der Waals surface area contributed by atoms with Crippen molar-refractivity contribution in [1.82, 2.24) is 0 Å². The van der Waals surface area contributed by atoms with Crippen LogP contribution in [0.2, 0.25) is 0 Å². The lowest BCUT2D eigenvalue weighted by Gasteiger charge is -2.00. The monoisotopic (exact) mass is 354 g/mol. The van der Waals surface area contributed by atoms with Crippen molar-refractivity contribution in [3.63, 3.8) is 0 Å². The Labute approximate surface area is 150 Å². The summed E-state index contributed by atoms with van der Waals surface area (Å²) in [5.74, 6) is -1.65. The molecule has 0 aliphatic heterocycles. The quantitative estimate of drug-likeness (QED) is 0.768. The zero-order valence-electron chi connectivity index (χ0n) is 14.4. The summed E-state index contributed by atoms with van der Waals surface area (Å²) in [5, 5.41) is 17.2. The maximum absolute atomic E-state index is 12.8. The van der Waals surface area contributed by atoms with Crippen molar-refractivity contribution in [1.29, 1.82) is 10.5 Å². The molecule has 26 heavy (non-hydrogen) atoms. The number of halogens is 1. The van der Waals surface area contributed by atoms with Gasteiger partial charge in [-0.05, 0) is 42.8 Å². The Balaban J connectivity index is 0.000000260. The lowest BCUT2D eigenvalue weighted by molar-refractivity contribution is 0.0591. The Morgan fingerprint density at radius 1 is 0.885 bits per heavy atom. The molecular weight excluding hydrogens is 339 g/mol. The van der Waals surface area contributed by atoms with Crippen molar-refractivity contribution in [3.05, 3.63) is 70.0 Å². The van der Waals surface area contributed by atoms with E-state index in [9.17, 15) is 14.0 Å². The highest BCUT2D eigenvalue weighted by molar-refractivity contribution is 5.90. The van der Waals surface area contributed by atoms with Gasteiger partial charge in [-0.1, -0.05) is 6.07 Å². The number of carbonyl (C=O) groups excluding carboxylic acids is 2. The SMILES string of the molecule is COC(=O)c1ccc(C)c(C#N)c1.COC(=O)c1ccc(F)c(C#N)c1. The molecule has 0 N–H and O–H groups in total. The molecule has 0 radical (unpaired) electrons. The van der Waals surface area contributed by atoms with E-state index in [2.05, 4.69) is 9.47 Å². The van der Waals surface area contributed by atoms with Gasteiger partial charge in [-0.25, -0.2) is 14.0 Å². The van der Waals surface area contributed by atoms with E-state index in [1.165, 1.54) is 26.4 Å². The van der Waals surface area contributed by atoms with Gasteiger partial charge in [0.1, 0.15) is 11.9 Å². The molecule has 0 fully saturated rings. The van der Waals surface area contributed by atoms with Crippen molar-refractivity contribution in [2.24, 2.45) is 0 Å². The maximum Gasteiger partial charge on any atom is 0.337 e. The molecule has 0 bridgehead atoms. The van der Waals surface area contributed by atoms with Gasteiger partial charge in [0.25, 0.3) is 0 Å². The number of methoxy groups -OCH3 is 2. The Morgan fingerprint density at radius 3 is 1.81 bits per heavy atom. The summed E-state index contributed by atoms with van der Waals surface area (Å²) in [7, 11) is 2.53. The average Bonchev–Trinajstić information content (AvgIpc) is 2.68. The fourth-order valence-corrected chi connectivity index (χ4v) is 1.84. The molecule has 0 heterocycles. The summed E-state index contributed by atoms with van der Waals surface area (Å²) < 4.78 is 21.7. The Kier molecular flexibility index (Phi) is 7.47. The van der Waals surface area contributed by atoms with Gasteiger partial charge in [0.15, 0.2) is 0 Å². The van der Waals surface area contributed by atoms with Crippen LogP contribution in [0.3, 0.4) is 0 Å². The predicted octanol–water partition coefficient (Wildman–Crippen LogP) is 3.14. The highest BCUT2D eigenvalue weighted by atomic mass is 19.1. The van der Waals surface area contributed by atoms with Crippen LogP contribution in [0, 0.1) is 35.4 Å². The van der Waals surface area contributed by atoms with E-state index >= 15 is 0 Å². The summed E-state index contributed by atoms with van der Waals surface area (Å²) in [6, 6.07) is 12.0. The molecule has 7 heteroatoms. The van der Waals surface area contributed by atoms with E-state index in [4.69, 9.17) is 10.5 Å². The van der Waals surface area contributed by atoms with Crippen LogP contribution in [-0.2, 0) is 9.47 Å². The number of carbonyl (C=O) groups is 2. The topological polar surface area (TPSA) is 100 Å². The number of nitrogens with zero attached hydrogens (tertiary/aromatic N) is 2. The first-order valence-electron chi connectivity index (χ1n) is 7.25. The van der Waals surface area contributed by atoms with Crippen LogP contribution >= 0.6 is 0 Å². The van der Waals surface area contributed by atoms with E-state index in [0.717, 1.165) is 17.7 Å². The Hall–Kier alpha value is -3.71. The second kappa shape index (κ2) is 9.55. The van der Waals surface area contributed by atoms with Crippen molar-refractivity contribution in [3.8, 4) is 12.1 Å². The second-order valence-electron chi connectivity index (χ2n) is 4.93. The Bertz CT molecular complexity index is 835. The molecule has 0 unspecified atom stereocenters. The molecule has 0 saturated carbocycles. The Morgan fingerprint density at radius 2 is 1.35 bits per heavy atom. The van der Waals surface area contributed by atoms with Gasteiger partial charge < -0.3 is 9.47 Å². The molecule has 132 valence electrons. The summed E-state index contributed by atoms with van der Waals surface area (Å²) >= 11 is 0. The number of benzene rings is 2. The number of hydrogen-bond acceptors (Lipinski definition) is 6. The molecule has 0 aliphatic rings. The minimum atomic E-state index is -0.643.